The summed E-state index contributed by atoms with van der Waals surface area (Å²) in [6.07, 6.45) is 0.319. The van der Waals surface area contributed by atoms with Crippen LogP contribution in [0.5, 0.6) is 0 Å². The maximum absolute atomic E-state index is 12.2. The van der Waals surface area contributed by atoms with Crippen LogP contribution in [0.1, 0.15) is 17.0 Å². The molecule has 0 aliphatic rings. The maximum atomic E-state index is 12.2. The SMILES string of the molecule is Cc1cccc(NC(=O)CSc2nnc(CNC(=O)Cc3ccccc3)n2C)c1. The van der Waals surface area contributed by atoms with Gasteiger partial charge in [0.2, 0.25) is 11.8 Å². The van der Waals surface area contributed by atoms with Gasteiger partial charge >= 0.3 is 0 Å². The first-order valence-corrected chi connectivity index (χ1v) is 10.2. The average molecular weight is 410 g/mol. The Morgan fingerprint density at radius 2 is 1.83 bits per heavy atom. The van der Waals surface area contributed by atoms with E-state index in [1.807, 2.05) is 68.6 Å². The molecule has 150 valence electrons. The Hall–Kier alpha value is -3.13. The summed E-state index contributed by atoms with van der Waals surface area (Å²) in [6.45, 7) is 2.26. The van der Waals surface area contributed by atoms with E-state index in [4.69, 9.17) is 0 Å². The fraction of sp³-hybridized carbons (Fsp3) is 0.238. The van der Waals surface area contributed by atoms with Gasteiger partial charge in [-0.25, -0.2) is 0 Å². The molecule has 7 nitrogen and oxygen atoms in total. The Labute approximate surface area is 173 Å². The molecule has 0 atom stereocenters. The number of aryl methyl sites for hydroxylation is 1. The quantitative estimate of drug-likeness (QED) is 0.559. The Balaban J connectivity index is 1.47. The van der Waals surface area contributed by atoms with Crippen molar-refractivity contribution < 1.29 is 9.59 Å². The number of amides is 2. The average Bonchev–Trinajstić information content (AvgIpc) is 3.05. The molecule has 1 aromatic heterocycles. The standard InChI is InChI=1S/C21H23N5O2S/c1-15-7-6-10-17(11-15)23-20(28)14-29-21-25-24-18(26(21)2)13-22-19(27)12-16-8-4-3-5-9-16/h3-11H,12-14H2,1-2H3,(H,22,27)(H,23,28). The first-order valence-electron chi connectivity index (χ1n) is 9.19. The van der Waals surface area contributed by atoms with Crippen molar-refractivity contribution in [3.8, 4) is 0 Å². The van der Waals surface area contributed by atoms with Gasteiger partial charge in [0.05, 0.1) is 18.7 Å². The third-order valence-corrected chi connectivity index (χ3v) is 5.23. The molecule has 1 heterocycles. The van der Waals surface area contributed by atoms with Gasteiger partial charge in [0, 0.05) is 12.7 Å². The van der Waals surface area contributed by atoms with Crippen LogP contribution in [-0.4, -0.2) is 32.3 Å². The van der Waals surface area contributed by atoms with Crippen LogP contribution < -0.4 is 10.6 Å². The molecule has 0 aliphatic heterocycles. The number of thioether (sulfide) groups is 1. The molecule has 3 aromatic rings. The van der Waals surface area contributed by atoms with Gasteiger partial charge in [0.25, 0.3) is 0 Å². The molecule has 0 unspecified atom stereocenters. The summed E-state index contributed by atoms with van der Waals surface area (Å²) >= 11 is 1.30. The number of nitrogens with one attached hydrogen (secondary N) is 2. The Bertz CT molecular complexity index is 988. The molecule has 0 bridgehead atoms. The molecule has 3 rings (SSSR count). The van der Waals surface area contributed by atoms with Gasteiger partial charge in [0.15, 0.2) is 11.0 Å². The summed E-state index contributed by atoms with van der Waals surface area (Å²) in [5.74, 6) is 0.667. The summed E-state index contributed by atoms with van der Waals surface area (Å²) in [7, 11) is 1.82. The molecule has 0 radical (unpaired) electrons. The van der Waals surface area contributed by atoms with E-state index in [1.54, 1.807) is 4.57 Å². The minimum atomic E-state index is -0.110. The predicted molar refractivity (Wildman–Crippen MR) is 114 cm³/mol. The van der Waals surface area contributed by atoms with E-state index in [2.05, 4.69) is 20.8 Å². The van der Waals surface area contributed by atoms with Crippen LogP contribution in [0.25, 0.3) is 0 Å². The summed E-state index contributed by atoms with van der Waals surface area (Å²) in [5.41, 5.74) is 2.82. The van der Waals surface area contributed by atoms with Crippen molar-refractivity contribution in [2.24, 2.45) is 7.05 Å². The van der Waals surface area contributed by atoms with E-state index >= 15 is 0 Å². The van der Waals surface area contributed by atoms with Gasteiger partial charge in [0.1, 0.15) is 0 Å². The highest BCUT2D eigenvalue weighted by atomic mass is 32.2. The number of hydrogen-bond acceptors (Lipinski definition) is 5. The summed E-state index contributed by atoms with van der Waals surface area (Å²) in [4.78, 5) is 24.2. The second-order valence-corrected chi connectivity index (χ2v) is 7.55. The monoisotopic (exact) mass is 409 g/mol. The van der Waals surface area contributed by atoms with Gasteiger partial charge in [-0.3, -0.25) is 9.59 Å². The lowest BCUT2D eigenvalue weighted by Crippen LogP contribution is -2.26. The van der Waals surface area contributed by atoms with E-state index < -0.39 is 0 Å². The third-order valence-electron chi connectivity index (χ3n) is 4.21. The number of carbonyl (C=O) groups excluding carboxylic acids is 2. The van der Waals surface area contributed by atoms with Gasteiger partial charge in [-0.15, -0.1) is 10.2 Å². The zero-order valence-electron chi connectivity index (χ0n) is 16.4. The summed E-state index contributed by atoms with van der Waals surface area (Å²) < 4.78 is 1.79. The van der Waals surface area contributed by atoms with Crippen molar-refractivity contribution in [3.63, 3.8) is 0 Å². The van der Waals surface area contributed by atoms with Gasteiger partial charge in [-0.1, -0.05) is 54.2 Å². The lowest BCUT2D eigenvalue weighted by Gasteiger charge is -2.07. The highest BCUT2D eigenvalue weighted by Gasteiger charge is 2.13. The number of aromatic nitrogens is 3. The lowest BCUT2D eigenvalue weighted by molar-refractivity contribution is -0.120. The van der Waals surface area contributed by atoms with Gasteiger partial charge < -0.3 is 15.2 Å². The van der Waals surface area contributed by atoms with E-state index in [9.17, 15) is 9.59 Å². The molecule has 29 heavy (non-hydrogen) atoms. The van der Waals surface area contributed by atoms with Crippen LogP contribution in [0.3, 0.4) is 0 Å². The molecule has 2 N–H and O–H groups in total. The highest BCUT2D eigenvalue weighted by molar-refractivity contribution is 7.99. The number of benzene rings is 2. The van der Waals surface area contributed by atoms with E-state index in [0.717, 1.165) is 16.8 Å². The molecular weight excluding hydrogens is 386 g/mol. The molecular formula is C21H23N5O2S. The minimum Gasteiger partial charge on any atom is -0.349 e. The highest BCUT2D eigenvalue weighted by Crippen LogP contribution is 2.17. The fourth-order valence-electron chi connectivity index (χ4n) is 2.70. The van der Waals surface area contributed by atoms with Gasteiger partial charge in [-0.05, 0) is 30.2 Å². The summed E-state index contributed by atoms with van der Waals surface area (Å²) in [6, 6.07) is 17.2. The molecule has 0 saturated heterocycles. The van der Waals surface area contributed by atoms with Crippen LogP contribution >= 0.6 is 11.8 Å². The molecule has 0 aliphatic carbocycles. The fourth-order valence-corrected chi connectivity index (χ4v) is 3.43. The Kier molecular flexibility index (Phi) is 7.02. The topological polar surface area (TPSA) is 88.9 Å². The van der Waals surface area contributed by atoms with Crippen molar-refractivity contribution >= 4 is 29.3 Å². The van der Waals surface area contributed by atoms with E-state index in [-0.39, 0.29) is 24.1 Å². The molecule has 2 amide bonds. The van der Waals surface area contributed by atoms with Crippen LogP contribution in [-0.2, 0) is 29.6 Å². The Morgan fingerprint density at radius 1 is 1.03 bits per heavy atom. The molecule has 2 aromatic carbocycles. The van der Waals surface area contributed by atoms with Crippen molar-refractivity contribution in [3.05, 3.63) is 71.5 Å². The number of rotatable bonds is 8. The van der Waals surface area contributed by atoms with Gasteiger partial charge in [-0.2, -0.15) is 0 Å². The predicted octanol–water partition coefficient (Wildman–Crippen LogP) is 2.71. The largest absolute Gasteiger partial charge is 0.349 e. The smallest absolute Gasteiger partial charge is 0.234 e. The van der Waals surface area contributed by atoms with Crippen LogP contribution in [0.15, 0.2) is 59.8 Å². The third kappa shape index (κ3) is 6.18. The van der Waals surface area contributed by atoms with Crippen molar-refractivity contribution in [2.75, 3.05) is 11.1 Å². The van der Waals surface area contributed by atoms with Crippen molar-refractivity contribution in [1.82, 2.24) is 20.1 Å². The second kappa shape index (κ2) is 9.88. The van der Waals surface area contributed by atoms with Crippen LogP contribution in [0.2, 0.25) is 0 Å². The van der Waals surface area contributed by atoms with Crippen molar-refractivity contribution in [1.29, 1.82) is 0 Å². The van der Waals surface area contributed by atoms with Crippen molar-refractivity contribution in [2.45, 2.75) is 25.0 Å². The molecule has 8 heteroatoms. The Morgan fingerprint density at radius 3 is 2.59 bits per heavy atom. The normalized spacial score (nSPS) is 10.6. The molecule has 0 spiro atoms. The maximum Gasteiger partial charge on any atom is 0.234 e. The molecule has 0 fully saturated rings. The molecule has 0 saturated carbocycles. The summed E-state index contributed by atoms with van der Waals surface area (Å²) in [5, 5.41) is 14.6. The van der Waals surface area contributed by atoms with E-state index in [0.29, 0.717) is 17.4 Å². The first-order chi connectivity index (χ1) is 14.0. The number of hydrogen-bond donors (Lipinski definition) is 2. The number of nitrogens with zero attached hydrogens (tertiary/aromatic N) is 3. The first kappa shape index (κ1) is 20.6. The zero-order valence-corrected chi connectivity index (χ0v) is 17.2. The van der Waals surface area contributed by atoms with Crippen LogP contribution in [0.4, 0.5) is 5.69 Å². The minimum absolute atomic E-state index is 0.0778. The van der Waals surface area contributed by atoms with E-state index in [1.165, 1.54) is 11.8 Å². The number of anilines is 1. The second-order valence-electron chi connectivity index (χ2n) is 6.60. The lowest BCUT2D eigenvalue weighted by atomic mass is 10.1. The zero-order chi connectivity index (χ0) is 20.6. The van der Waals surface area contributed by atoms with Crippen LogP contribution in [0, 0.1) is 6.92 Å². The number of carbonyl (C=O) groups is 2.